The average molecular weight is 496 g/mol. The van der Waals surface area contributed by atoms with Gasteiger partial charge in [0.05, 0.1) is 5.52 Å². The normalized spacial score (nSPS) is 12.7. The van der Waals surface area contributed by atoms with Crippen molar-refractivity contribution in [2.75, 3.05) is 0 Å². The Morgan fingerprint density at radius 3 is 2.24 bits per heavy atom. The Kier molecular flexibility index (Phi) is 6.67. The number of alkyl halides is 3. The van der Waals surface area contributed by atoms with Crippen molar-refractivity contribution < 1.29 is 35.3 Å². The van der Waals surface area contributed by atoms with Crippen molar-refractivity contribution in [2.24, 2.45) is 0 Å². The molecule has 10 heteroatoms. The highest BCUT2D eigenvalue weighted by atomic mass is 32.2. The van der Waals surface area contributed by atoms with Gasteiger partial charge in [-0.1, -0.05) is 56.3 Å². The first kappa shape index (κ1) is 25.5. The Bertz CT molecular complexity index is 1340. The highest BCUT2D eigenvalue weighted by Gasteiger charge is 2.49. The lowest BCUT2D eigenvalue weighted by Crippen LogP contribution is -2.30. The average Bonchev–Trinajstić information content (AvgIpc) is 2.70. The van der Waals surface area contributed by atoms with Gasteiger partial charge in [0.1, 0.15) is 11.2 Å². The van der Waals surface area contributed by atoms with Crippen LogP contribution in [0.1, 0.15) is 56.5 Å². The number of pyridine rings is 1. The van der Waals surface area contributed by atoms with E-state index in [1.54, 1.807) is 57.2 Å². The molecule has 0 fully saturated rings. The van der Waals surface area contributed by atoms with E-state index < -0.39 is 38.6 Å². The van der Waals surface area contributed by atoms with E-state index in [9.17, 15) is 26.4 Å². The summed E-state index contributed by atoms with van der Waals surface area (Å²) in [6.45, 7) is 8.65. The lowest BCUT2D eigenvalue weighted by molar-refractivity contribution is -0.0502. The van der Waals surface area contributed by atoms with Crippen LogP contribution in [0.15, 0.2) is 48.5 Å². The number of nitrogens with zero attached hydrogens (tertiary/aromatic N) is 1. The molecule has 0 N–H and O–H groups in total. The molecule has 0 saturated heterocycles. The smallest absolute Gasteiger partial charge is 0.456 e. The van der Waals surface area contributed by atoms with Crippen LogP contribution in [-0.4, -0.2) is 30.5 Å². The molecule has 0 aliphatic rings. The maximum Gasteiger partial charge on any atom is 0.534 e. The lowest BCUT2D eigenvalue weighted by Gasteiger charge is -2.23. The van der Waals surface area contributed by atoms with E-state index in [4.69, 9.17) is 4.74 Å². The van der Waals surface area contributed by atoms with Crippen molar-refractivity contribution in [3.8, 4) is 17.0 Å². The number of rotatable bonds is 5. The zero-order valence-electron chi connectivity index (χ0n) is 19.2. The summed E-state index contributed by atoms with van der Waals surface area (Å²) in [5.74, 6) is -1.96. The number of carbonyl (C=O) groups excluding carboxylic acids is 1. The molecule has 0 aliphatic heterocycles. The summed E-state index contributed by atoms with van der Waals surface area (Å²) >= 11 is 0. The molecule has 0 radical (unpaired) electrons. The lowest BCUT2D eigenvalue weighted by atomic mass is 9.92. The van der Waals surface area contributed by atoms with Crippen molar-refractivity contribution >= 4 is 27.0 Å². The zero-order valence-corrected chi connectivity index (χ0v) is 20.0. The van der Waals surface area contributed by atoms with Crippen molar-refractivity contribution in [1.82, 2.24) is 4.98 Å². The molecule has 0 amide bonds. The minimum Gasteiger partial charge on any atom is -0.456 e. The fourth-order valence-electron chi connectivity index (χ4n) is 3.27. The summed E-state index contributed by atoms with van der Waals surface area (Å²) in [5, 5.41) is 0.418. The van der Waals surface area contributed by atoms with E-state index >= 15 is 0 Å². The summed E-state index contributed by atoms with van der Waals surface area (Å²) < 4.78 is 73.0. The van der Waals surface area contributed by atoms with Gasteiger partial charge in [0.2, 0.25) is 5.88 Å². The molecule has 0 saturated carbocycles. The fraction of sp³-hybridized carbons (Fsp3) is 0.333. The van der Waals surface area contributed by atoms with E-state index in [0.29, 0.717) is 10.9 Å². The monoisotopic (exact) mass is 495 g/mol. The fourth-order valence-corrected chi connectivity index (χ4v) is 3.70. The third-order valence-corrected chi connectivity index (χ3v) is 5.72. The maximum absolute atomic E-state index is 13.3. The van der Waals surface area contributed by atoms with Gasteiger partial charge >= 0.3 is 21.6 Å². The summed E-state index contributed by atoms with van der Waals surface area (Å²) in [6, 6.07) is 13.4. The molecule has 0 unspecified atom stereocenters. The van der Waals surface area contributed by atoms with Crippen LogP contribution in [0.3, 0.4) is 0 Å². The van der Waals surface area contributed by atoms with E-state index in [1.165, 1.54) is 6.07 Å². The number of para-hydroxylation sites is 1. The van der Waals surface area contributed by atoms with Gasteiger partial charge in [-0.05, 0) is 43.9 Å². The van der Waals surface area contributed by atoms with Gasteiger partial charge < -0.3 is 8.92 Å². The molecule has 1 aromatic heterocycles. The molecular formula is C24H24F3NO5S. The highest BCUT2D eigenvalue weighted by Crippen LogP contribution is 2.40. The topological polar surface area (TPSA) is 82.6 Å². The van der Waals surface area contributed by atoms with Crippen molar-refractivity contribution in [2.45, 2.75) is 51.6 Å². The highest BCUT2D eigenvalue weighted by molar-refractivity contribution is 7.88. The second kappa shape index (κ2) is 8.90. The van der Waals surface area contributed by atoms with Gasteiger partial charge in [-0.15, -0.1) is 0 Å². The predicted octanol–water partition coefficient (Wildman–Crippen LogP) is 6.21. The summed E-state index contributed by atoms with van der Waals surface area (Å²) in [5.41, 5.74) is -5.58. The molecule has 1 heterocycles. The molecule has 0 atom stereocenters. The number of hydrogen-bond donors (Lipinski definition) is 0. The van der Waals surface area contributed by atoms with Crippen LogP contribution in [0.5, 0.6) is 5.88 Å². The quantitative estimate of drug-likeness (QED) is 0.238. The Labute approximate surface area is 195 Å². The molecule has 0 spiro atoms. The Hall–Kier alpha value is -3.14. The summed E-state index contributed by atoms with van der Waals surface area (Å²) in [7, 11) is -6.11. The molecule has 3 aromatic rings. The predicted molar refractivity (Wildman–Crippen MR) is 122 cm³/mol. The first-order chi connectivity index (χ1) is 15.6. The van der Waals surface area contributed by atoms with Gasteiger partial charge in [0, 0.05) is 10.9 Å². The van der Waals surface area contributed by atoms with Gasteiger partial charge in [0.25, 0.3) is 0 Å². The number of halogens is 3. The molecule has 34 heavy (non-hydrogen) atoms. The van der Waals surface area contributed by atoms with E-state index in [1.807, 2.05) is 19.9 Å². The number of aromatic nitrogens is 1. The van der Waals surface area contributed by atoms with Gasteiger partial charge in [-0.25, -0.2) is 9.78 Å². The molecule has 0 bridgehead atoms. The third kappa shape index (κ3) is 5.32. The Morgan fingerprint density at radius 1 is 1.00 bits per heavy atom. The second-order valence-corrected chi connectivity index (χ2v) is 10.5. The van der Waals surface area contributed by atoms with Gasteiger partial charge in [-0.3, -0.25) is 0 Å². The molecule has 2 aromatic carbocycles. The summed E-state index contributed by atoms with van der Waals surface area (Å²) in [6.07, 6.45) is 0. The van der Waals surface area contributed by atoms with Crippen molar-refractivity contribution in [3.63, 3.8) is 0 Å². The van der Waals surface area contributed by atoms with E-state index in [2.05, 4.69) is 9.17 Å². The van der Waals surface area contributed by atoms with Crippen LogP contribution in [-0.2, 0) is 14.9 Å². The molecular weight excluding hydrogens is 471 g/mol. The van der Waals surface area contributed by atoms with Crippen LogP contribution in [0.4, 0.5) is 13.2 Å². The van der Waals surface area contributed by atoms with Gasteiger partial charge in [0.15, 0.2) is 0 Å². The first-order valence-electron chi connectivity index (χ1n) is 10.4. The van der Waals surface area contributed by atoms with Crippen LogP contribution < -0.4 is 4.18 Å². The van der Waals surface area contributed by atoms with Crippen LogP contribution in [0.2, 0.25) is 0 Å². The largest absolute Gasteiger partial charge is 0.534 e. The summed E-state index contributed by atoms with van der Waals surface area (Å²) in [4.78, 5) is 17.2. The Morgan fingerprint density at radius 2 is 1.65 bits per heavy atom. The van der Waals surface area contributed by atoms with Crippen molar-refractivity contribution in [1.29, 1.82) is 0 Å². The van der Waals surface area contributed by atoms with Gasteiger partial charge in [-0.2, -0.15) is 21.6 Å². The molecule has 6 nitrogen and oxygen atoms in total. The standard InChI is InChI=1S/C24H24F3NO5S/c1-14(2)15-9-8-10-16(13-15)19-17-11-6-7-12-18(17)28-21(33-34(30,31)24(25,26)27)20(19)22(29)32-23(3,4)5/h6-14H,1-5H3. The first-order valence-corrected chi connectivity index (χ1v) is 11.8. The molecule has 3 rings (SSSR count). The SMILES string of the molecule is CC(C)c1cccc(-c2c(C(=O)OC(C)(C)C)c(OS(=O)(=O)C(F)(F)F)nc3ccccc23)c1. The zero-order chi connectivity index (χ0) is 25.5. The van der Waals surface area contributed by atoms with Crippen LogP contribution in [0, 0.1) is 0 Å². The maximum atomic E-state index is 13.3. The number of carbonyl (C=O) groups is 1. The third-order valence-electron chi connectivity index (χ3n) is 4.78. The van der Waals surface area contributed by atoms with Crippen LogP contribution >= 0.6 is 0 Å². The molecule has 182 valence electrons. The number of ether oxygens (including phenoxy) is 1. The van der Waals surface area contributed by atoms with E-state index in [-0.39, 0.29) is 17.0 Å². The molecule has 0 aliphatic carbocycles. The number of fused-ring (bicyclic) bond motifs is 1. The minimum atomic E-state index is -6.11. The number of esters is 1. The number of hydrogen-bond acceptors (Lipinski definition) is 6. The Balaban J connectivity index is 2.43. The minimum absolute atomic E-state index is 0.111. The second-order valence-electron chi connectivity index (χ2n) is 8.95. The van der Waals surface area contributed by atoms with E-state index in [0.717, 1.165) is 5.56 Å². The van der Waals surface area contributed by atoms with Crippen LogP contribution in [0.25, 0.3) is 22.0 Å². The number of benzene rings is 2. The van der Waals surface area contributed by atoms with Crippen molar-refractivity contribution in [3.05, 3.63) is 59.7 Å².